The van der Waals surface area contributed by atoms with Gasteiger partial charge in [0.15, 0.2) is 5.65 Å². The summed E-state index contributed by atoms with van der Waals surface area (Å²) in [6, 6.07) is 6.02. The van der Waals surface area contributed by atoms with Crippen LogP contribution in [-0.4, -0.2) is 27.9 Å². The second kappa shape index (κ2) is 7.74. The highest BCUT2D eigenvalue weighted by molar-refractivity contribution is 7.08. The highest BCUT2D eigenvalue weighted by Gasteiger charge is 2.08. The number of hydrazone groups is 1. The summed E-state index contributed by atoms with van der Waals surface area (Å²) >= 11 is 1.67. The standard InChI is InChI=1S/C17H20N6S/c1-13(21-18-2)5-3-4-9-19-16-6-7-17-20-11-15(23(17)22-16)14-8-10-24-12-14/h5-8,10-12,21H,2-4,9H2,1H3,(H,19,22)/b13-5+. The molecule has 0 radical (unpaired) electrons. The highest BCUT2D eigenvalue weighted by Crippen LogP contribution is 2.23. The van der Waals surface area contributed by atoms with Crippen LogP contribution in [-0.2, 0) is 0 Å². The molecule has 0 bridgehead atoms. The van der Waals surface area contributed by atoms with Crippen molar-refractivity contribution >= 4 is 29.5 Å². The maximum Gasteiger partial charge on any atom is 0.154 e. The number of unbranched alkanes of at least 4 members (excludes halogenated alkanes) is 1. The quantitative estimate of drug-likeness (QED) is 0.372. The minimum absolute atomic E-state index is 0.850. The molecule has 0 aliphatic carbocycles. The van der Waals surface area contributed by atoms with E-state index in [-0.39, 0.29) is 0 Å². The first-order valence-corrected chi connectivity index (χ1v) is 8.72. The molecule has 3 aromatic heterocycles. The fraction of sp³-hybridized carbons (Fsp3) is 0.235. The third-order valence-corrected chi connectivity index (χ3v) is 4.26. The van der Waals surface area contributed by atoms with Crippen LogP contribution in [0.1, 0.15) is 19.8 Å². The zero-order valence-electron chi connectivity index (χ0n) is 13.6. The average Bonchev–Trinajstić information content (AvgIpc) is 3.23. The van der Waals surface area contributed by atoms with Gasteiger partial charge in [-0.1, -0.05) is 6.08 Å². The van der Waals surface area contributed by atoms with Crippen LogP contribution < -0.4 is 10.7 Å². The van der Waals surface area contributed by atoms with Gasteiger partial charge in [-0.2, -0.15) is 16.4 Å². The Bertz CT molecular complexity index is 834. The molecule has 0 atom stereocenters. The Hall–Kier alpha value is -2.67. The van der Waals surface area contributed by atoms with Crippen molar-refractivity contribution in [2.45, 2.75) is 19.8 Å². The number of anilines is 1. The van der Waals surface area contributed by atoms with Gasteiger partial charge in [0.05, 0.1) is 11.9 Å². The number of fused-ring (bicyclic) bond motifs is 1. The Morgan fingerprint density at radius 1 is 1.42 bits per heavy atom. The van der Waals surface area contributed by atoms with Crippen molar-refractivity contribution in [2.75, 3.05) is 11.9 Å². The van der Waals surface area contributed by atoms with E-state index in [0.29, 0.717) is 0 Å². The summed E-state index contributed by atoms with van der Waals surface area (Å²) < 4.78 is 1.88. The van der Waals surface area contributed by atoms with Crippen molar-refractivity contribution in [1.82, 2.24) is 20.0 Å². The van der Waals surface area contributed by atoms with Gasteiger partial charge < -0.3 is 5.32 Å². The SMILES string of the molecule is C=NN/C(C)=C/CCCNc1ccc2ncc(-c3ccsc3)n2n1. The minimum atomic E-state index is 0.850. The van der Waals surface area contributed by atoms with E-state index >= 15 is 0 Å². The first-order valence-electron chi connectivity index (χ1n) is 7.77. The fourth-order valence-corrected chi connectivity index (χ4v) is 3.03. The maximum absolute atomic E-state index is 4.65. The topological polar surface area (TPSA) is 66.6 Å². The van der Waals surface area contributed by atoms with Gasteiger partial charge in [-0.05, 0) is 43.3 Å². The van der Waals surface area contributed by atoms with Crippen LogP contribution in [0, 0.1) is 0 Å². The normalized spacial score (nSPS) is 11.6. The van der Waals surface area contributed by atoms with Gasteiger partial charge in [0, 0.05) is 29.9 Å². The second-order valence-corrected chi connectivity index (χ2v) is 6.15. The van der Waals surface area contributed by atoms with Crippen LogP contribution in [0.2, 0.25) is 0 Å². The van der Waals surface area contributed by atoms with Gasteiger partial charge in [-0.25, -0.2) is 9.50 Å². The van der Waals surface area contributed by atoms with E-state index in [9.17, 15) is 0 Å². The first kappa shape index (κ1) is 16.2. The largest absolute Gasteiger partial charge is 0.369 e. The molecule has 3 rings (SSSR count). The summed E-state index contributed by atoms with van der Waals surface area (Å²) in [5, 5.41) is 15.8. The second-order valence-electron chi connectivity index (χ2n) is 5.37. The van der Waals surface area contributed by atoms with Crippen LogP contribution >= 0.6 is 11.3 Å². The molecule has 0 saturated carbocycles. The van der Waals surface area contributed by atoms with Crippen LogP contribution in [0.3, 0.4) is 0 Å². The smallest absolute Gasteiger partial charge is 0.154 e. The fourth-order valence-electron chi connectivity index (χ4n) is 2.38. The summed E-state index contributed by atoms with van der Waals surface area (Å²) in [6.45, 7) is 6.23. The molecule has 0 aromatic carbocycles. The monoisotopic (exact) mass is 340 g/mol. The van der Waals surface area contributed by atoms with Crippen LogP contribution in [0.15, 0.2) is 52.0 Å². The molecular weight excluding hydrogens is 320 g/mol. The lowest BCUT2D eigenvalue weighted by Crippen LogP contribution is -2.06. The number of imidazole rings is 1. The number of hydrogen-bond acceptors (Lipinski definition) is 6. The lowest BCUT2D eigenvalue weighted by Gasteiger charge is -2.06. The van der Waals surface area contributed by atoms with Crippen molar-refractivity contribution in [3.63, 3.8) is 0 Å². The van der Waals surface area contributed by atoms with Gasteiger partial charge in [0.2, 0.25) is 0 Å². The first-order chi connectivity index (χ1) is 11.8. The molecule has 6 nitrogen and oxygen atoms in total. The summed E-state index contributed by atoms with van der Waals surface area (Å²) in [5.74, 6) is 0.851. The Balaban J connectivity index is 1.62. The zero-order valence-corrected chi connectivity index (χ0v) is 14.4. The molecule has 3 aromatic rings. The van der Waals surface area contributed by atoms with Gasteiger partial charge in [0.1, 0.15) is 5.82 Å². The van der Waals surface area contributed by atoms with E-state index in [4.69, 9.17) is 0 Å². The van der Waals surface area contributed by atoms with Gasteiger partial charge in [0.25, 0.3) is 0 Å². The Kier molecular flexibility index (Phi) is 5.22. The number of allylic oxidation sites excluding steroid dienone is 2. The average molecular weight is 340 g/mol. The minimum Gasteiger partial charge on any atom is -0.369 e. The van der Waals surface area contributed by atoms with E-state index in [0.717, 1.165) is 47.8 Å². The van der Waals surface area contributed by atoms with Crippen molar-refractivity contribution in [1.29, 1.82) is 0 Å². The summed E-state index contributed by atoms with van der Waals surface area (Å²) in [4.78, 5) is 4.41. The van der Waals surface area contributed by atoms with Gasteiger partial charge in [-0.15, -0.1) is 5.10 Å². The Morgan fingerprint density at radius 3 is 3.12 bits per heavy atom. The number of aromatic nitrogens is 3. The molecule has 0 saturated heterocycles. The predicted molar refractivity (Wildman–Crippen MR) is 100 cm³/mol. The predicted octanol–water partition coefficient (Wildman–Crippen LogP) is 3.76. The third-order valence-electron chi connectivity index (χ3n) is 3.57. The molecule has 0 aliphatic heterocycles. The van der Waals surface area contributed by atoms with E-state index in [1.807, 2.05) is 29.8 Å². The number of thiophene rings is 1. The molecule has 124 valence electrons. The molecule has 24 heavy (non-hydrogen) atoms. The van der Waals surface area contributed by atoms with Crippen LogP contribution in [0.4, 0.5) is 5.82 Å². The van der Waals surface area contributed by atoms with Crippen LogP contribution in [0.5, 0.6) is 0 Å². The molecule has 0 spiro atoms. The third kappa shape index (κ3) is 3.80. The summed E-state index contributed by atoms with van der Waals surface area (Å²) in [6.07, 6.45) is 5.95. The highest BCUT2D eigenvalue weighted by atomic mass is 32.1. The summed E-state index contributed by atoms with van der Waals surface area (Å²) in [5.41, 5.74) is 6.84. The Morgan fingerprint density at radius 2 is 2.33 bits per heavy atom. The van der Waals surface area contributed by atoms with Crippen molar-refractivity contribution in [2.24, 2.45) is 5.10 Å². The van der Waals surface area contributed by atoms with E-state index in [1.165, 1.54) is 0 Å². The Labute approximate surface area is 144 Å². The van der Waals surface area contributed by atoms with E-state index < -0.39 is 0 Å². The molecule has 7 heteroatoms. The summed E-state index contributed by atoms with van der Waals surface area (Å²) in [7, 11) is 0. The number of nitrogens with one attached hydrogen (secondary N) is 2. The molecular formula is C17H20N6S. The number of rotatable bonds is 8. The molecule has 0 aliphatic rings. The maximum atomic E-state index is 4.65. The van der Waals surface area contributed by atoms with Gasteiger partial charge >= 0.3 is 0 Å². The zero-order chi connectivity index (χ0) is 16.8. The van der Waals surface area contributed by atoms with Crippen molar-refractivity contribution < 1.29 is 0 Å². The van der Waals surface area contributed by atoms with Gasteiger partial charge in [-0.3, -0.25) is 5.43 Å². The number of hydrogen-bond donors (Lipinski definition) is 2. The molecule has 0 unspecified atom stereocenters. The molecule has 0 fully saturated rings. The molecule has 3 heterocycles. The van der Waals surface area contributed by atoms with E-state index in [2.05, 4.69) is 55.5 Å². The van der Waals surface area contributed by atoms with Crippen LogP contribution in [0.25, 0.3) is 16.9 Å². The molecule has 0 amide bonds. The lowest BCUT2D eigenvalue weighted by atomic mass is 10.2. The van der Waals surface area contributed by atoms with E-state index in [1.54, 1.807) is 11.3 Å². The lowest BCUT2D eigenvalue weighted by molar-refractivity contribution is 0.834. The molecule has 2 N–H and O–H groups in total. The van der Waals surface area contributed by atoms with Crippen molar-refractivity contribution in [3.05, 3.63) is 46.9 Å². The van der Waals surface area contributed by atoms with Crippen molar-refractivity contribution in [3.8, 4) is 11.3 Å². The number of nitrogens with zero attached hydrogens (tertiary/aromatic N) is 4.